The van der Waals surface area contributed by atoms with Crippen LogP contribution in [0, 0.1) is 11.8 Å². The van der Waals surface area contributed by atoms with Gasteiger partial charge in [0.05, 0.1) is 0 Å². The summed E-state index contributed by atoms with van der Waals surface area (Å²) in [7, 11) is 0. The predicted octanol–water partition coefficient (Wildman–Crippen LogP) is 3.12. The maximum Gasteiger partial charge on any atom is 0.220 e. The van der Waals surface area contributed by atoms with Gasteiger partial charge in [-0.05, 0) is 36.7 Å². The minimum Gasteiger partial charge on any atom is -0.355 e. The lowest BCUT2D eigenvalue weighted by atomic mass is 9.99. The molecule has 1 aromatic carbocycles. The zero-order valence-corrected chi connectivity index (χ0v) is 15.4. The van der Waals surface area contributed by atoms with Crippen LogP contribution in [0.2, 0.25) is 0 Å². The largest absolute Gasteiger partial charge is 0.355 e. The van der Waals surface area contributed by atoms with Gasteiger partial charge in [0.25, 0.3) is 0 Å². The topological polar surface area (TPSA) is 72.2 Å². The smallest absolute Gasteiger partial charge is 0.220 e. The third-order valence-corrected chi connectivity index (χ3v) is 4.26. The van der Waals surface area contributed by atoms with Crippen molar-refractivity contribution in [2.75, 3.05) is 6.54 Å². The number of hydrogen-bond acceptors (Lipinski definition) is 3. The normalized spacial score (nSPS) is 14.8. The van der Waals surface area contributed by atoms with Gasteiger partial charge in [0, 0.05) is 31.0 Å². The molecule has 0 aromatic heterocycles. The van der Waals surface area contributed by atoms with Crippen molar-refractivity contribution in [1.82, 2.24) is 5.32 Å². The van der Waals surface area contributed by atoms with E-state index in [2.05, 4.69) is 19.2 Å². The van der Waals surface area contributed by atoms with Crippen LogP contribution in [0.15, 0.2) is 24.3 Å². The first-order chi connectivity index (χ1) is 11.0. The van der Waals surface area contributed by atoms with Gasteiger partial charge in [0.1, 0.15) is 0 Å². The number of halogens is 1. The number of benzene rings is 1. The summed E-state index contributed by atoms with van der Waals surface area (Å²) in [5.41, 5.74) is 7.86. The van der Waals surface area contributed by atoms with E-state index in [9.17, 15) is 9.59 Å². The highest BCUT2D eigenvalue weighted by Crippen LogP contribution is 2.31. The first kappa shape index (κ1) is 20.7. The monoisotopic (exact) mass is 352 g/mol. The molecule has 1 aliphatic rings. The summed E-state index contributed by atoms with van der Waals surface area (Å²) in [6, 6.07) is 7.79. The van der Waals surface area contributed by atoms with Crippen LogP contribution in [0.4, 0.5) is 0 Å². The first-order valence-electron chi connectivity index (χ1n) is 8.60. The number of Topliss-reactive ketones (excluding diaryl/α,β-unsaturated/α-hetero) is 1. The van der Waals surface area contributed by atoms with Gasteiger partial charge in [-0.25, -0.2) is 0 Å². The number of nitrogens with two attached hydrogens (primary N) is 1. The molecule has 1 aromatic rings. The molecule has 5 heteroatoms. The van der Waals surface area contributed by atoms with E-state index in [0.717, 1.165) is 6.42 Å². The van der Waals surface area contributed by atoms with Crippen LogP contribution < -0.4 is 11.1 Å². The van der Waals surface area contributed by atoms with Gasteiger partial charge in [-0.3, -0.25) is 9.59 Å². The summed E-state index contributed by atoms with van der Waals surface area (Å²) in [4.78, 5) is 23.9. The fourth-order valence-corrected chi connectivity index (χ4v) is 2.68. The fraction of sp³-hybridized carbons (Fsp3) is 0.579. The van der Waals surface area contributed by atoms with Gasteiger partial charge in [-0.2, -0.15) is 0 Å². The van der Waals surface area contributed by atoms with Crippen molar-refractivity contribution in [1.29, 1.82) is 0 Å². The first-order valence-corrected chi connectivity index (χ1v) is 8.60. The molecule has 1 fully saturated rings. The molecular weight excluding hydrogens is 324 g/mol. The molecule has 1 atom stereocenters. The Kier molecular flexibility index (Phi) is 8.43. The van der Waals surface area contributed by atoms with Gasteiger partial charge < -0.3 is 11.1 Å². The van der Waals surface area contributed by atoms with Crippen LogP contribution in [0.25, 0.3) is 0 Å². The summed E-state index contributed by atoms with van der Waals surface area (Å²) in [5, 5.41) is 2.83. The molecule has 0 saturated heterocycles. The van der Waals surface area contributed by atoms with Crippen molar-refractivity contribution < 1.29 is 9.59 Å². The second-order valence-corrected chi connectivity index (χ2v) is 7.02. The predicted molar refractivity (Wildman–Crippen MR) is 99.5 cm³/mol. The summed E-state index contributed by atoms with van der Waals surface area (Å²) >= 11 is 0. The van der Waals surface area contributed by atoms with Crippen LogP contribution in [0.3, 0.4) is 0 Å². The Morgan fingerprint density at radius 3 is 2.33 bits per heavy atom. The van der Waals surface area contributed by atoms with Crippen molar-refractivity contribution in [2.45, 2.75) is 52.0 Å². The Labute approximate surface area is 151 Å². The van der Waals surface area contributed by atoms with Gasteiger partial charge in [-0.1, -0.05) is 38.1 Å². The van der Waals surface area contributed by atoms with E-state index < -0.39 is 0 Å². The summed E-state index contributed by atoms with van der Waals surface area (Å²) in [5.74, 6) is 1.09. The van der Waals surface area contributed by atoms with E-state index in [4.69, 9.17) is 5.73 Å². The number of rotatable bonds is 9. The molecule has 1 amide bonds. The zero-order chi connectivity index (χ0) is 16.8. The number of amides is 1. The van der Waals surface area contributed by atoms with Crippen molar-refractivity contribution in [2.24, 2.45) is 17.6 Å². The Morgan fingerprint density at radius 2 is 1.79 bits per heavy atom. The molecule has 0 radical (unpaired) electrons. The second-order valence-electron chi connectivity index (χ2n) is 7.02. The summed E-state index contributed by atoms with van der Waals surface area (Å²) in [6.07, 6.45) is 3.82. The minimum absolute atomic E-state index is 0. The van der Waals surface area contributed by atoms with E-state index in [1.807, 2.05) is 24.3 Å². The van der Waals surface area contributed by atoms with Crippen molar-refractivity contribution in [3.05, 3.63) is 35.4 Å². The van der Waals surface area contributed by atoms with Crippen molar-refractivity contribution in [3.8, 4) is 0 Å². The van der Waals surface area contributed by atoms with Crippen LogP contribution >= 0.6 is 12.4 Å². The molecule has 0 aliphatic heterocycles. The highest BCUT2D eigenvalue weighted by atomic mass is 35.5. The molecule has 24 heavy (non-hydrogen) atoms. The van der Waals surface area contributed by atoms with E-state index in [-0.39, 0.29) is 43.0 Å². The maximum absolute atomic E-state index is 12.1. The Balaban J connectivity index is 0.00000288. The highest BCUT2D eigenvalue weighted by Gasteiger charge is 2.28. The summed E-state index contributed by atoms with van der Waals surface area (Å²) in [6.45, 7) is 4.86. The van der Waals surface area contributed by atoms with Crippen LogP contribution in [0.5, 0.6) is 0 Å². The van der Waals surface area contributed by atoms with E-state index in [1.54, 1.807) is 0 Å². The molecule has 2 rings (SSSR count). The number of hydrogen-bond donors (Lipinski definition) is 2. The molecule has 1 unspecified atom stereocenters. The molecule has 0 bridgehead atoms. The molecule has 0 spiro atoms. The molecule has 0 heterocycles. The van der Waals surface area contributed by atoms with E-state index in [0.29, 0.717) is 23.9 Å². The van der Waals surface area contributed by atoms with Gasteiger partial charge in [0.15, 0.2) is 5.78 Å². The summed E-state index contributed by atoms with van der Waals surface area (Å²) < 4.78 is 0. The van der Waals surface area contributed by atoms with E-state index in [1.165, 1.54) is 18.4 Å². The maximum atomic E-state index is 12.1. The molecule has 1 saturated carbocycles. The third-order valence-electron chi connectivity index (χ3n) is 4.26. The quantitative estimate of drug-likeness (QED) is 0.671. The van der Waals surface area contributed by atoms with E-state index >= 15 is 0 Å². The van der Waals surface area contributed by atoms with Gasteiger partial charge >= 0.3 is 0 Å². The average molecular weight is 353 g/mol. The standard InChI is InChI=1S/C19H28N2O2.ClH/c1-13(2)11-14-3-5-16(6-4-14)18(22)9-10-19(23)21-12-17(20)15-7-8-15;/h3-6,13,15,17H,7-12,20H2,1-2H3,(H,21,23);1H. The van der Waals surface area contributed by atoms with Gasteiger partial charge in [0.2, 0.25) is 5.91 Å². The Hall–Kier alpha value is -1.39. The lowest BCUT2D eigenvalue weighted by Crippen LogP contribution is -2.38. The molecular formula is C19H29ClN2O2. The third kappa shape index (κ3) is 7.02. The minimum atomic E-state index is -0.0918. The fourth-order valence-electron chi connectivity index (χ4n) is 2.68. The molecule has 134 valence electrons. The lowest BCUT2D eigenvalue weighted by molar-refractivity contribution is -0.121. The Bertz CT molecular complexity index is 539. The SMILES string of the molecule is CC(C)Cc1ccc(C(=O)CCC(=O)NCC(N)C2CC2)cc1.Cl. The lowest BCUT2D eigenvalue weighted by Gasteiger charge is -2.11. The number of nitrogens with one attached hydrogen (secondary N) is 1. The average Bonchev–Trinajstić information content (AvgIpc) is 3.35. The molecule has 1 aliphatic carbocycles. The van der Waals surface area contributed by atoms with Gasteiger partial charge in [-0.15, -0.1) is 12.4 Å². The zero-order valence-electron chi connectivity index (χ0n) is 14.6. The molecule has 3 N–H and O–H groups in total. The van der Waals surface area contributed by atoms with Crippen molar-refractivity contribution in [3.63, 3.8) is 0 Å². The van der Waals surface area contributed by atoms with Crippen LogP contribution in [-0.4, -0.2) is 24.3 Å². The number of ketones is 1. The van der Waals surface area contributed by atoms with Crippen LogP contribution in [-0.2, 0) is 11.2 Å². The molecule has 4 nitrogen and oxygen atoms in total. The Morgan fingerprint density at radius 1 is 1.17 bits per heavy atom. The van der Waals surface area contributed by atoms with Crippen molar-refractivity contribution >= 4 is 24.1 Å². The number of carbonyl (C=O) groups is 2. The highest BCUT2D eigenvalue weighted by molar-refractivity contribution is 5.97. The number of carbonyl (C=O) groups excluding carboxylic acids is 2. The second kappa shape index (κ2) is 9.80. The van der Waals surface area contributed by atoms with Crippen LogP contribution in [0.1, 0.15) is 55.5 Å².